The number of halogens is 5. The Kier molecular flexibility index (Phi) is 10.4. The van der Waals surface area contributed by atoms with Gasteiger partial charge in [0.15, 0.2) is 0 Å². The number of alkyl halides is 2. The normalized spacial score (nSPS) is 11.4. The van der Waals surface area contributed by atoms with E-state index in [1.54, 1.807) is 0 Å². The number of aromatic nitrogens is 6. The van der Waals surface area contributed by atoms with E-state index in [9.17, 15) is 22.0 Å². The van der Waals surface area contributed by atoms with Crippen LogP contribution in [-0.2, 0) is 10.0 Å². The second kappa shape index (κ2) is 12.7. The highest BCUT2D eigenvalue weighted by atomic mass is 35.5. The molecule has 2 heterocycles. The SMILES string of the molecule is CCNc1nc(Cl)nc(NC(C)C)n1.Cc1nn(-c2cc(NS(C)(=O)=O)c(Cl)cc2Cl)c(=O)n1C(F)F. The fourth-order valence-corrected chi connectivity index (χ4v) is 4.04. The average molecular weight is 603 g/mol. The number of aryl methyl sites for hydroxylation is 1. The van der Waals surface area contributed by atoms with Gasteiger partial charge in [0.2, 0.25) is 27.2 Å². The van der Waals surface area contributed by atoms with Gasteiger partial charge in [-0.05, 0) is 51.4 Å². The van der Waals surface area contributed by atoms with Gasteiger partial charge < -0.3 is 10.6 Å². The van der Waals surface area contributed by atoms with Crippen molar-refractivity contribution in [1.82, 2.24) is 29.3 Å². The van der Waals surface area contributed by atoms with Crippen LogP contribution in [0, 0.1) is 6.92 Å². The van der Waals surface area contributed by atoms with Crippen LogP contribution in [0.15, 0.2) is 16.9 Å². The molecule has 0 amide bonds. The van der Waals surface area contributed by atoms with Gasteiger partial charge in [0, 0.05) is 12.6 Å². The first-order valence-corrected chi connectivity index (χ1v) is 13.5. The summed E-state index contributed by atoms with van der Waals surface area (Å²) in [5.74, 6) is 0.764. The van der Waals surface area contributed by atoms with Gasteiger partial charge in [-0.25, -0.2) is 17.8 Å². The van der Waals surface area contributed by atoms with Crippen LogP contribution in [0.3, 0.4) is 0 Å². The number of hydrogen-bond acceptors (Lipinski definition) is 9. The van der Waals surface area contributed by atoms with Gasteiger partial charge >= 0.3 is 12.2 Å². The van der Waals surface area contributed by atoms with Crippen molar-refractivity contribution in [3.05, 3.63) is 43.8 Å². The molecule has 0 bridgehead atoms. The van der Waals surface area contributed by atoms with Crippen molar-refractivity contribution in [2.45, 2.75) is 40.3 Å². The van der Waals surface area contributed by atoms with Gasteiger partial charge in [-0.3, -0.25) is 4.72 Å². The lowest BCUT2D eigenvalue weighted by molar-refractivity contribution is 0.0640. The van der Waals surface area contributed by atoms with Crippen molar-refractivity contribution >= 4 is 62.4 Å². The van der Waals surface area contributed by atoms with Crippen molar-refractivity contribution in [1.29, 1.82) is 0 Å². The van der Waals surface area contributed by atoms with E-state index in [0.717, 1.165) is 18.9 Å². The Labute approximate surface area is 226 Å². The molecule has 0 aliphatic heterocycles. The van der Waals surface area contributed by atoms with Gasteiger partial charge in [0.05, 0.1) is 27.7 Å². The first-order valence-electron chi connectivity index (χ1n) is 10.5. The van der Waals surface area contributed by atoms with E-state index in [1.165, 1.54) is 13.0 Å². The van der Waals surface area contributed by atoms with Crippen molar-refractivity contribution in [2.24, 2.45) is 0 Å². The van der Waals surface area contributed by atoms with Crippen molar-refractivity contribution in [3.8, 4) is 5.69 Å². The highest BCUT2D eigenvalue weighted by Crippen LogP contribution is 2.31. The van der Waals surface area contributed by atoms with Crippen LogP contribution in [-0.4, -0.2) is 56.6 Å². The molecule has 18 heteroatoms. The molecule has 37 heavy (non-hydrogen) atoms. The number of benzene rings is 1. The number of hydrogen-bond donors (Lipinski definition) is 3. The lowest BCUT2D eigenvalue weighted by Crippen LogP contribution is -2.25. The van der Waals surface area contributed by atoms with E-state index >= 15 is 0 Å². The van der Waals surface area contributed by atoms with E-state index in [1.807, 2.05) is 20.8 Å². The molecule has 0 aliphatic rings. The summed E-state index contributed by atoms with van der Waals surface area (Å²) in [5.41, 5.74) is -1.27. The summed E-state index contributed by atoms with van der Waals surface area (Å²) in [6.07, 6.45) is 0.902. The fourth-order valence-electron chi connectivity index (χ4n) is 2.75. The molecule has 0 spiro atoms. The lowest BCUT2D eigenvalue weighted by Gasteiger charge is -2.10. The predicted octanol–water partition coefficient (Wildman–Crippen LogP) is 4.19. The average Bonchev–Trinajstić information content (AvgIpc) is 3.03. The van der Waals surface area contributed by atoms with Gasteiger partial charge in [-0.2, -0.15) is 28.4 Å². The summed E-state index contributed by atoms with van der Waals surface area (Å²) in [5, 5.41) is 9.85. The fraction of sp³-hybridized carbons (Fsp3) is 0.421. The number of rotatable bonds is 8. The molecule has 0 aliphatic carbocycles. The maximum Gasteiger partial charge on any atom is 0.355 e. The third-order valence-electron chi connectivity index (χ3n) is 4.10. The van der Waals surface area contributed by atoms with Crippen LogP contribution in [0.2, 0.25) is 15.3 Å². The number of nitrogens with one attached hydrogen (secondary N) is 3. The maximum absolute atomic E-state index is 12.8. The van der Waals surface area contributed by atoms with Gasteiger partial charge in [0.25, 0.3) is 0 Å². The Morgan fingerprint density at radius 3 is 2.19 bits per heavy atom. The van der Waals surface area contributed by atoms with E-state index in [2.05, 4.69) is 35.4 Å². The van der Waals surface area contributed by atoms with Crippen molar-refractivity contribution in [2.75, 3.05) is 28.2 Å². The van der Waals surface area contributed by atoms with Gasteiger partial charge in [-0.15, -0.1) is 5.10 Å². The molecule has 0 saturated heterocycles. The smallest absolute Gasteiger partial charge is 0.354 e. The predicted molar refractivity (Wildman–Crippen MR) is 140 cm³/mol. The van der Waals surface area contributed by atoms with Crippen LogP contribution in [0.25, 0.3) is 5.69 Å². The van der Waals surface area contributed by atoms with E-state index in [4.69, 9.17) is 34.8 Å². The molecule has 3 N–H and O–H groups in total. The van der Waals surface area contributed by atoms with E-state index in [0.29, 0.717) is 16.6 Å². The molecule has 2 aromatic heterocycles. The summed E-state index contributed by atoms with van der Waals surface area (Å²) in [4.78, 5) is 24.0. The molecule has 0 radical (unpaired) electrons. The van der Waals surface area contributed by atoms with Crippen LogP contribution >= 0.6 is 34.8 Å². The number of sulfonamides is 1. The first kappa shape index (κ1) is 30.5. The zero-order valence-corrected chi connectivity index (χ0v) is 23.3. The largest absolute Gasteiger partial charge is 0.355 e. The monoisotopic (exact) mass is 601 g/mol. The Morgan fingerprint density at radius 1 is 1.05 bits per heavy atom. The van der Waals surface area contributed by atoms with E-state index in [-0.39, 0.29) is 43.1 Å². The van der Waals surface area contributed by atoms with Crippen LogP contribution in [0.5, 0.6) is 0 Å². The second-order valence-electron chi connectivity index (χ2n) is 7.63. The Balaban J connectivity index is 0.000000294. The highest BCUT2D eigenvalue weighted by molar-refractivity contribution is 7.92. The number of anilines is 3. The summed E-state index contributed by atoms with van der Waals surface area (Å²) >= 11 is 17.6. The third-order valence-corrected chi connectivity index (χ3v) is 5.47. The maximum atomic E-state index is 12.8. The summed E-state index contributed by atoms with van der Waals surface area (Å²) in [7, 11) is -3.65. The standard InChI is InChI=1S/C11H10Cl2F2N4O3S.C8H14ClN5/c1-5-16-19(11(20)18(5)10(14)15)9-4-8(17-23(2,21)22)6(12)3-7(9)13;1-4-10-7-12-6(9)13-8(14-7)11-5(2)3/h3-4,10,17H,1-2H3;5H,4H2,1-3H3,(H2,10,11,12,13,14). The molecule has 0 fully saturated rings. The topological polar surface area (TPSA) is 149 Å². The molecule has 12 nitrogen and oxygen atoms in total. The summed E-state index contributed by atoms with van der Waals surface area (Å²) in [6, 6.07) is 2.58. The quantitative estimate of drug-likeness (QED) is 0.345. The molecular weight excluding hydrogens is 579 g/mol. The molecule has 3 aromatic rings. The molecule has 3 rings (SSSR count). The molecule has 0 saturated carbocycles. The Morgan fingerprint density at radius 2 is 1.68 bits per heavy atom. The lowest BCUT2D eigenvalue weighted by atomic mass is 10.3. The van der Waals surface area contributed by atoms with Crippen LogP contribution in [0.1, 0.15) is 33.1 Å². The molecule has 1 aromatic carbocycles. The zero-order chi connectivity index (χ0) is 28.1. The molecule has 204 valence electrons. The van der Waals surface area contributed by atoms with Crippen molar-refractivity contribution < 1.29 is 17.2 Å². The first-order chi connectivity index (χ1) is 17.1. The third kappa shape index (κ3) is 8.66. The minimum absolute atomic E-state index is 0.0257. The highest BCUT2D eigenvalue weighted by Gasteiger charge is 2.21. The minimum atomic E-state index is -3.65. The second-order valence-corrected chi connectivity index (χ2v) is 10.5. The minimum Gasteiger partial charge on any atom is -0.354 e. The summed E-state index contributed by atoms with van der Waals surface area (Å²) in [6.45, 7) is 4.88. The zero-order valence-electron chi connectivity index (χ0n) is 20.2. The molecule has 0 atom stereocenters. The Bertz CT molecular complexity index is 1420. The van der Waals surface area contributed by atoms with Gasteiger partial charge in [-0.1, -0.05) is 23.2 Å². The molecule has 0 unspecified atom stereocenters. The van der Waals surface area contributed by atoms with Gasteiger partial charge in [0.1, 0.15) is 5.82 Å². The summed E-state index contributed by atoms with van der Waals surface area (Å²) < 4.78 is 51.3. The molecular formula is C19H24Cl3F2N9O3S. The van der Waals surface area contributed by atoms with Crippen LogP contribution < -0.4 is 21.0 Å². The Hall–Kier alpha value is -2.75. The van der Waals surface area contributed by atoms with Crippen molar-refractivity contribution in [3.63, 3.8) is 0 Å². The number of nitrogens with zero attached hydrogens (tertiary/aromatic N) is 6. The van der Waals surface area contributed by atoms with E-state index < -0.39 is 22.3 Å². The van der Waals surface area contributed by atoms with Crippen LogP contribution in [0.4, 0.5) is 26.4 Å².